The number of hydrogen-bond donors (Lipinski definition) is 1. The predicted molar refractivity (Wildman–Crippen MR) is 83.3 cm³/mol. The minimum atomic E-state index is 0.452. The van der Waals surface area contributed by atoms with Crippen LogP contribution in [0.3, 0.4) is 0 Å². The van der Waals surface area contributed by atoms with E-state index >= 15 is 0 Å². The number of rotatable bonds is 3. The van der Waals surface area contributed by atoms with Crippen LogP contribution in [-0.2, 0) is 0 Å². The normalized spacial score (nSPS) is 28.1. The summed E-state index contributed by atoms with van der Waals surface area (Å²) in [7, 11) is 0. The molecule has 3 atom stereocenters. The van der Waals surface area contributed by atoms with Crippen LogP contribution in [0.4, 0.5) is 0 Å². The van der Waals surface area contributed by atoms with Crippen LogP contribution >= 0.6 is 0 Å². The third-order valence-electron chi connectivity index (χ3n) is 4.70. The highest BCUT2D eigenvalue weighted by atomic mass is 15.0. The molecule has 0 aliphatic heterocycles. The smallest absolute Gasteiger partial charge is 0.0294 e. The maximum Gasteiger partial charge on any atom is 0.0294 e. The Morgan fingerprint density at radius 2 is 2.05 bits per heavy atom. The van der Waals surface area contributed by atoms with Crippen molar-refractivity contribution in [3.8, 4) is 0 Å². The molecule has 1 aliphatic rings. The molecule has 1 heteroatoms. The largest absolute Gasteiger partial charge is 0.307 e. The van der Waals surface area contributed by atoms with Crippen molar-refractivity contribution < 1.29 is 0 Å². The van der Waals surface area contributed by atoms with Crippen molar-refractivity contribution in [2.45, 2.75) is 66.0 Å². The van der Waals surface area contributed by atoms with Crippen molar-refractivity contribution >= 4 is 0 Å². The fourth-order valence-corrected chi connectivity index (χ4v) is 3.55. The standard InChI is InChI=1S/C18H29N/c1-13-7-6-8-16(11-13)15(3)19-17-9-10-18(4,5)12-14(17)2/h6-8,11,14-15,17,19H,9-10,12H2,1-5H3/t14?,15-,17?/m1/s1. The van der Waals surface area contributed by atoms with Gasteiger partial charge in [0.15, 0.2) is 0 Å². The zero-order valence-electron chi connectivity index (χ0n) is 13.2. The lowest BCUT2D eigenvalue weighted by molar-refractivity contribution is 0.143. The van der Waals surface area contributed by atoms with Gasteiger partial charge in [-0.1, -0.05) is 50.6 Å². The van der Waals surface area contributed by atoms with Crippen LogP contribution in [0, 0.1) is 18.3 Å². The van der Waals surface area contributed by atoms with E-state index in [1.54, 1.807) is 0 Å². The molecule has 1 fully saturated rings. The van der Waals surface area contributed by atoms with E-state index in [2.05, 4.69) is 64.2 Å². The second-order valence-electron chi connectivity index (χ2n) is 7.29. The van der Waals surface area contributed by atoms with E-state index < -0.39 is 0 Å². The van der Waals surface area contributed by atoms with Crippen molar-refractivity contribution in [3.05, 3.63) is 35.4 Å². The van der Waals surface area contributed by atoms with Gasteiger partial charge in [-0.2, -0.15) is 0 Å². The molecule has 1 aromatic carbocycles. The fourth-order valence-electron chi connectivity index (χ4n) is 3.55. The van der Waals surface area contributed by atoms with Crippen molar-refractivity contribution in [1.82, 2.24) is 5.32 Å². The zero-order chi connectivity index (χ0) is 14.0. The van der Waals surface area contributed by atoms with E-state index in [-0.39, 0.29) is 0 Å². The highest BCUT2D eigenvalue weighted by Crippen LogP contribution is 2.39. The maximum absolute atomic E-state index is 3.85. The molecule has 0 spiro atoms. The minimum absolute atomic E-state index is 0.452. The van der Waals surface area contributed by atoms with Crippen molar-refractivity contribution in [2.24, 2.45) is 11.3 Å². The van der Waals surface area contributed by atoms with E-state index in [0.29, 0.717) is 17.5 Å². The number of nitrogens with one attached hydrogen (secondary N) is 1. The molecule has 0 bridgehead atoms. The van der Waals surface area contributed by atoms with Gasteiger partial charge >= 0.3 is 0 Å². The molecule has 0 heterocycles. The molecule has 0 radical (unpaired) electrons. The molecular formula is C18H29N. The summed E-state index contributed by atoms with van der Waals surface area (Å²) in [5, 5.41) is 3.85. The van der Waals surface area contributed by atoms with Crippen LogP contribution in [0.2, 0.25) is 0 Å². The molecule has 1 nitrogen and oxygen atoms in total. The molecule has 106 valence electrons. The summed E-state index contributed by atoms with van der Waals surface area (Å²) in [5.41, 5.74) is 3.30. The molecule has 1 saturated carbocycles. The van der Waals surface area contributed by atoms with Crippen molar-refractivity contribution in [2.75, 3.05) is 0 Å². The second kappa shape index (κ2) is 5.66. The zero-order valence-corrected chi connectivity index (χ0v) is 13.2. The van der Waals surface area contributed by atoms with Crippen LogP contribution in [0.25, 0.3) is 0 Å². The summed E-state index contributed by atoms with van der Waals surface area (Å²) in [5.74, 6) is 0.774. The Morgan fingerprint density at radius 1 is 1.32 bits per heavy atom. The van der Waals surface area contributed by atoms with Crippen LogP contribution in [0.1, 0.15) is 64.1 Å². The fraction of sp³-hybridized carbons (Fsp3) is 0.667. The van der Waals surface area contributed by atoms with E-state index in [1.807, 2.05) is 0 Å². The van der Waals surface area contributed by atoms with Gasteiger partial charge in [-0.3, -0.25) is 0 Å². The third-order valence-corrected chi connectivity index (χ3v) is 4.70. The SMILES string of the molecule is Cc1cccc([C@@H](C)NC2CCC(C)(C)CC2C)c1. The van der Waals surface area contributed by atoms with E-state index in [9.17, 15) is 0 Å². The predicted octanol–water partition coefficient (Wildman–Crippen LogP) is 4.86. The van der Waals surface area contributed by atoms with E-state index in [4.69, 9.17) is 0 Å². The molecule has 1 N–H and O–H groups in total. The summed E-state index contributed by atoms with van der Waals surface area (Å²) in [6, 6.07) is 9.99. The molecule has 0 aromatic heterocycles. The van der Waals surface area contributed by atoms with Gasteiger partial charge in [0, 0.05) is 12.1 Å². The first kappa shape index (κ1) is 14.6. The summed E-state index contributed by atoms with van der Waals surface area (Å²) < 4.78 is 0. The molecule has 0 amide bonds. The summed E-state index contributed by atoms with van der Waals surface area (Å²) in [4.78, 5) is 0. The van der Waals surface area contributed by atoms with Crippen LogP contribution < -0.4 is 5.32 Å². The molecule has 19 heavy (non-hydrogen) atoms. The van der Waals surface area contributed by atoms with Gasteiger partial charge in [0.1, 0.15) is 0 Å². The first-order chi connectivity index (χ1) is 8.87. The minimum Gasteiger partial charge on any atom is -0.307 e. The quantitative estimate of drug-likeness (QED) is 0.817. The second-order valence-corrected chi connectivity index (χ2v) is 7.29. The number of hydrogen-bond acceptors (Lipinski definition) is 1. The van der Waals surface area contributed by atoms with E-state index in [1.165, 1.54) is 30.4 Å². The lowest BCUT2D eigenvalue weighted by atomic mass is 9.70. The molecule has 1 aliphatic carbocycles. The van der Waals surface area contributed by atoms with E-state index in [0.717, 1.165) is 5.92 Å². The third kappa shape index (κ3) is 3.82. The first-order valence-electron chi connectivity index (χ1n) is 7.70. The molecule has 2 unspecified atom stereocenters. The van der Waals surface area contributed by atoms with Gasteiger partial charge in [0.05, 0.1) is 0 Å². The Balaban J connectivity index is 1.98. The van der Waals surface area contributed by atoms with Crippen LogP contribution in [-0.4, -0.2) is 6.04 Å². The van der Waals surface area contributed by atoms with Gasteiger partial charge in [-0.15, -0.1) is 0 Å². The molecule has 2 rings (SSSR count). The molecule has 0 saturated heterocycles. The lowest BCUT2D eigenvalue weighted by Crippen LogP contribution is -2.42. The van der Waals surface area contributed by atoms with Gasteiger partial charge in [0.2, 0.25) is 0 Å². The summed E-state index contributed by atoms with van der Waals surface area (Å²) in [6.45, 7) is 11.7. The maximum atomic E-state index is 3.85. The average molecular weight is 259 g/mol. The number of benzene rings is 1. The Morgan fingerprint density at radius 3 is 2.68 bits per heavy atom. The Kier molecular flexibility index (Phi) is 4.35. The first-order valence-corrected chi connectivity index (χ1v) is 7.70. The highest BCUT2D eigenvalue weighted by Gasteiger charge is 2.32. The van der Waals surface area contributed by atoms with Gasteiger partial charge in [-0.25, -0.2) is 0 Å². The van der Waals surface area contributed by atoms with Crippen molar-refractivity contribution in [3.63, 3.8) is 0 Å². The Bertz CT molecular complexity index is 421. The molecular weight excluding hydrogens is 230 g/mol. The average Bonchev–Trinajstić information content (AvgIpc) is 2.32. The highest BCUT2D eigenvalue weighted by molar-refractivity contribution is 5.24. The monoisotopic (exact) mass is 259 g/mol. The van der Waals surface area contributed by atoms with Crippen LogP contribution in [0.5, 0.6) is 0 Å². The topological polar surface area (TPSA) is 12.0 Å². The Labute approximate surface area is 118 Å². The van der Waals surface area contributed by atoms with Crippen molar-refractivity contribution in [1.29, 1.82) is 0 Å². The Hall–Kier alpha value is -0.820. The van der Waals surface area contributed by atoms with Gasteiger partial charge in [-0.05, 0) is 50.0 Å². The van der Waals surface area contributed by atoms with Gasteiger partial charge in [0.25, 0.3) is 0 Å². The number of aryl methyl sites for hydroxylation is 1. The summed E-state index contributed by atoms with van der Waals surface area (Å²) in [6.07, 6.45) is 3.99. The summed E-state index contributed by atoms with van der Waals surface area (Å²) >= 11 is 0. The van der Waals surface area contributed by atoms with Gasteiger partial charge < -0.3 is 5.32 Å². The lowest BCUT2D eigenvalue weighted by Gasteiger charge is -2.40. The van der Waals surface area contributed by atoms with Crippen LogP contribution in [0.15, 0.2) is 24.3 Å². The molecule has 1 aromatic rings.